The molecule has 2 aliphatic heterocycles. The summed E-state index contributed by atoms with van der Waals surface area (Å²) in [7, 11) is 2.02. The zero-order chi connectivity index (χ0) is 28.2. The van der Waals surface area contributed by atoms with Crippen LogP contribution in [0.5, 0.6) is 0 Å². The lowest BCUT2D eigenvalue weighted by molar-refractivity contribution is -0.118. The van der Waals surface area contributed by atoms with Gasteiger partial charge in [-0.05, 0) is 51.2 Å². The molecule has 3 N–H and O–H groups in total. The Morgan fingerprint density at radius 3 is 2.80 bits per heavy atom. The molecule has 1 aromatic carbocycles. The maximum atomic E-state index is 13.3. The fourth-order valence-electron chi connectivity index (χ4n) is 5.23. The highest BCUT2D eigenvalue weighted by Gasteiger charge is 2.36. The Morgan fingerprint density at radius 1 is 1.20 bits per heavy atom. The normalized spacial score (nSPS) is 17.4. The quantitative estimate of drug-likeness (QED) is 0.314. The van der Waals surface area contributed by atoms with Gasteiger partial charge >= 0.3 is 0 Å². The van der Waals surface area contributed by atoms with Gasteiger partial charge in [0, 0.05) is 31.5 Å². The summed E-state index contributed by atoms with van der Waals surface area (Å²) in [4.78, 5) is 44.1. The van der Waals surface area contributed by atoms with Gasteiger partial charge < -0.3 is 25.5 Å². The number of carbonyl (C=O) groups excluding carboxylic acids is 1. The number of nitrogens with one attached hydrogen (secondary N) is 2. The highest BCUT2D eigenvalue weighted by atomic mass is 16.3. The van der Waals surface area contributed by atoms with Crippen molar-refractivity contribution in [2.24, 2.45) is 0 Å². The van der Waals surface area contributed by atoms with Crippen LogP contribution in [0.1, 0.15) is 19.5 Å². The molecule has 1 amide bonds. The maximum absolute atomic E-state index is 13.3. The number of piperazine rings is 1. The van der Waals surface area contributed by atoms with Gasteiger partial charge in [0.1, 0.15) is 17.0 Å². The monoisotopic (exact) mass is 541 g/mol. The van der Waals surface area contributed by atoms with Gasteiger partial charge in [0.2, 0.25) is 11.9 Å². The topological polar surface area (TPSA) is 133 Å². The predicted octanol–water partition coefficient (Wildman–Crippen LogP) is 2.21. The number of aliphatic hydroxyl groups is 1. The molecular formula is C28H31N9O3. The summed E-state index contributed by atoms with van der Waals surface area (Å²) in [6, 6.07) is 10.8. The largest absolute Gasteiger partial charge is 0.384 e. The van der Waals surface area contributed by atoms with Crippen LogP contribution in [0.15, 0.2) is 60.0 Å². The molecule has 0 bridgehead atoms. The van der Waals surface area contributed by atoms with E-state index in [1.165, 1.54) is 10.9 Å². The number of rotatable bonds is 6. The van der Waals surface area contributed by atoms with Crippen molar-refractivity contribution in [2.75, 3.05) is 42.2 Å². The number of benzene rings is 1. The standard InChI is InChI=1S/C28H31N9O3/c1-5-11-36-26(39)18-15-29-27(33-24(18)37(36)23-8-6-7-22(32-23)28(2,3)40)30-17-9-10-20-19(14-17)31-25(38)21-16-34(4)12-13-35(20)21/h5-10,14-15,21,40H,1,11-13,16H2,2-4H3,(H,31,38)(H,29,30,33)/t21-/m1/s1. The number of hydrogen-bond donors (Lipinski definition) is 3. The van der Waals surface area contributed by atoms with Crippen molar-refractivity contribution in [1.82, 2.24) is 29.2 Å². The summed E-state index contributed by atoms with van der Waals surface area (Å²) >= 11 is 0. The van der Waals surface area contributed by atoms with Gasteiger partial charge in [-0.1, -0.05) is 12.1 Å². The van der Waals surface area contributed by atoms with Gasteiger partial charge in [0.15, 0.2) is 11.5 Å². The minimum absolute atomic E-state index is 0.0257. The molecule has 2 aliphatic rings. The van der Waals surface area contributed by atoms with Gasteiger partial charge in [-0.3, -0.25) is 9.59 Å². The van der Waals surface area contributed by atoms with E-state index in [1.54, 1.807) is 42.8 Å². The first-order chi connectivity index (χ1) is 19.1. The number of allylic oxidation sites excluding steroid dienone is 1. The van der Waals surface area contributed by atoms with Crippen LogP contribution in [0, 0.1) is 0 Å². The number of fused-ring (bicyclic) bond motifs is 4. The van der Waals surface area contributed by atoms with Crippen LogP contribution in [0.2, 0.25) is 0 Å². The summed E-state index contributed by atoms with van der Waals surface area (Å²) in [5, 5.41) is 17.1. The smallest absolute Gasteiger partial charge is 0.278 e. The number of hydrogen-bond acceptors (Lipinski definition) is 9. The number of amides is 1. The Labute approximate surface area is 230 Å². The number of carbonyl (C=O) groups is 1. The van der Waals surface area contributed by atoms with Crippen LogP contribution >= 0.6 is 0 Å². The molecule has 6 rings (SSSR count). The Bertz CT molecular complexity index is 1700. The molecule has 0 unspecified atom stereocenters. The Kier molecular flexibility index (Phi) is 6.15. The second-order valence-corrected chi connectivity index (χ2v) is 10.7. The summed E-state index contributed by atoms with van der Waals surface area (Å²) < 4.78 is 3.09. The molecule has 0 aliphatic carbocycles. The van der Waals surface area contributed by atoms with Crippen LogP contribution in [0.25, 0.3) is 16.9 Å². The molecule has 12 heteroatoms. The van der Waals surface area contributed by atoms with Crippen LogP contribution < -0.4 is 21.1 Å². The first-order valence-corrected chi connectivity index (χ1v) is 13.1. The number of nitrogens with zero attached hydrogens (tertiary/aromatic N) is 7. The van der Waals surface area contributed by atoms with Gasteiger partial charge in [0.25, 0.3) is 5.56 Å². The molecule has 0 saturated carbocycles. The van der Waals surface area contributed by atoms with Crippen molar-refractivity contribution in [3.05, 3.63) is 71.3 Å². The summed E-state index contributed by atoms with van der Waals surface area (Å²) in [6.45, 7) is 9.65. The molecule has 1 saturated heterocycles. The van der Waals surface area contributed by atoms with E-state index in [4.69, 9.17) is 0 Å². The fourth-order valence-corrected chi connectivity index (χ4v) is 5.23. The van der Waals surface area contributed by atoms with Gasteiger partial charge in [-0.25, -0.2) is 19.3 Å². The molecule has 3 aromatic heterocycles. The molecule has 1 atom stereocenters. The number of aromatic nitrogens is 5. The lowest BCUT2D eigenvalue weighted by Crippen LogP contribution is -2.59. The summed E-state index contributed by atoms with van der Waals surface area (Å²) in [6.07, 6.45) is 3.10. The zero-order valence-corrected chi connectivity index (χ0v) is 22.6. The van der Waals surface area contributed by atoms with E-state index < -0.39 is 5.60 Å². The van der Waals surface area contributed by atoms with E-state index in [0.29, 0.717) is 34.8 Å². The average Bonchev–Trinajstić information content (AvgIpc) is 3.19. The summed E-state index contributed by atoms with van der Waals surface area (Å²) in [5.41, 5.74) is 1.75. The molecule has 5 heterocycles. The van der Waals surface area contributed by atoms with E-state index in [1.807, 2.05) is 25.2 Å². The van der Waals surface area contributed by atoms with Crippen molar-refractivity contribution < 1.29 is 9.90 Å². The molecule has 0 radical (unpaired) electrons. The lowest BCUT2D eigenvalue weighted by atomic mass is 10.0. The highest BCUT2D eigenvalue weighted by Crippen LogP contribution is 2.36. The molecule has 1 fully saturated rings. The maximum Gasteiger partial charge on any atom is 0.278 e. The average molecular weight is 542 g/mol. The van der Waals surface area contributed by atoms with Crippen molar-refractivity contribution in [1.29, 1.82) is 0 Å². The third-order valence-electron chi connectivity index (χ3n) is 7.26. The Morgan fingerprint density at radius 2 is 2.02 bits per heavy atom. The summed E-state index contributed by atoms with van der Waals surface area (Å²) in [5.74, 6) is 0.675. The zero-order valence-electron chi connectivity index (χ0n) is 22.6. The predicted molar refractivity (Wildman–Crippen MR) is 153 cm³/mol. The van der Waals surface area contributed by atoms with Crippen molar-refractivity contribution in [3.63, 3.8) is 0 Å². The first-order valence-electron chi connectivity index (χ1n) is 13.1. The van der Waals surface area contributed by atoms with Gasteiger partial charge in [-0.15, -0.1) is 6.58 Å². The molecule has 12 nitrogen and oxygen atoms in total. The molecule has 206 valence electrons. The second kappa shape index (κ2) is 9.57. The first kappa shape index (κ1) is 25.7. The Hall–Kier alpha value is -4.55. The van der Waals surface area contributed by atoms with Crippen LogP contribution in [-0.2, 0) is 16.9 Å². The van der Waals surface area contributed by atoms with Crippen molar-refractivity contribution >= 4 is 40.0 Å². The van der Waals surface area contributed by atoms with E-state index in [9.17, 15) is 14.7 Å². The second-order valence-electron chi connectivity index (χ2n) is 10.7. The SMILES string of the molecule is C=CCn1c(=O)c2cnc(Nc3ccc4c(c3)NC(=O)[C@H]3CN(C)CCN43)nc2n1-c1cccc(C(C)(C)O)n1. The van der Waals surface area contributed by atoms with E-state index >= 15 is 0 Å². The molecule has 40 heavy (non-hydrogen) atoms. The molecule has 4 aromatic rings. The van der Waals surface area contributed by atoms with E-state index in [0.717, 1.165) is 24.5 Å². The third-order valence-corrected chi connectivity index (χ3v) is 7.26. The van der Waals surface area contributed by atoms with Crippen LogP contribution in [-0.4, -0.2) is 73.0 Å². The number of anilines is 4. The molecule has 0 spiro atoms. The van der Waals surface area contributed by atoms with Crippen LogP contribution in [0.4, 0.5) is 23.0 Å². The fraction of sp³-hybridized carbons (Fsp3) is 0.321. The van der Waals surface area contributed by atoms with Crippen molar-refractivity contribution in [2.45, 2.75) is 32.0 Å². The minimum atomic E-state index is -1.17. The number of likely N-dealkylation sites (N-methyl/N-ethyl adjacent to an activating group) is 1. The third kappa shape index (κ3) is 4.40. The van der Waals surface area contributed by atoms with Crippen molar-refractivity contribution in [3.8, 4) is 5.82 Å². The van der Waals surface area contributed by atoms with Crippen LogP contribution in [0.3, 0.4) is 0 Å². The lowest BCUT2D eigenvalue weighted by Gasteiger charge is -2.44. The van der Waals surface area contributed by atoms with E-state index in [-0.39, 0.29) is 30.0 Å². The highest BCUT2D eigenvalue weighted by molar-refractivity contribution is 6.04. The minimum Gasteiger partial charge on any atom is -0.384 e. The number of pyridine rings is 1. The van der Waals surface area contributed by atoms with Gasteiger partial charge in [0.05, 0.1) is 23.6 Å². The Balaban J connectivity index is 1.39. The van der Waals surface area contributed by atoms with E-state index in [2.05, 4.69) is 42.0 Å². The molecular weight excluding hydrogens is 510 g/mol. The van der Waals surface area contributed by atoms with Gasteiger partial charge in [-0.2, -0.15) is 4.98 Å².